The summed E-state index contributed by atoms with van der Waals surface area (Å²) in [5.74, 6) is 2.47. The minimum absolute atomic E-state index is 0.100. The first-order valence-electron chi connectivity index (χ1n) is 9.09. The lowest BCUT2D eigenvalue weighted by Gasteiger charge is -2.60. The first-order chi connectivity index (χ1) is 10.4. The van der Waals surface area contributed by atoms with Crippen molar-refractivity contribution < 1.29 is 14.7 Å². The van der Waals surface area contributed by atoms with Crippen molar-refractivity contribution in [3.05, 3.63) is 0 Å². The van der Waals surface area contributed by atoms with E-state index in [4.69, 9.17) is 0 Å². The van der Waals surface area contributed by atoms with Gasteiger partial charge in [-0.3, -0.25) is 9.59 Å². The van der Waals surface area contributed by atoms with E-state index in [1.807, 2.05) is 0 Å². The number of rotatable bonds is 0. The molecule has 122 valence electrons. The summed E-state index contributed by atoms with van der Waals surface area (Å²) in [6.45, 7) is 4.50. The van der Waals surface area contributed by atoms with Crippen LogP contribution in [-0.4, -0.2) is 22.8 Å². The average molecular weight is 304 g/mol. The van der Waals surface area contributed by atoms with Gasteiger partial charge < -0.3 is 5.11 Å². The van der Waals surface area contributed by atoms with E-state index in [9.17, 15) is 14.7 Å². The predicted octanol–water partition coefficient (Wildman–Crippen LogP) is 3.14. The number of aliphatic hydroxyl groups is 1. The van der Waals surface area contributed by atoms with Crippen LogP contribution >= 0.6 is 0 Å². The molecule has 0 spiro atoms. The van der Waals surface area contributed by atoms with Gasteiger partial charge in [-0.2, -0.15) is 0 Å². The summed E-state index contributed by atoms with van der Waals surface area (Å²) >= 11 is 0. The van der Waals surface area contributed by atoms with E-state index in [0.29, 0.717) is 42.2 Å². The van der Waals surface area contributed by atoms with Crippen LogP contribution in [0.1, 0.15) is 65.2 Å². The maximum absolute atomic E-state index is 12.4. The van der Waals surface area contributed by atoms with Crippen molar-refractivity contribution in [3.63, 3.8) is 0 Å². The normalized spacial score (nSPS) is 54.6. The summed E-state index contributed by atoms with van der Waals surface area (Å²) in [5.41, 5.74) is -0.0300. The molecule has 0 amide bonds. The molecule has 0 unspecified atom stereocenters. The van der Waals surface area contributed by atoms with Gasteiger partial charge in [0.2, 0.25) is 0 Å². The zero-order valence-electron chi connectivity index (χ0n) is 13.8. The number of aliphatic hydroxyl groups excluding tert-OH is 1. The van der Waals surface area contributed by atoms with Gasteiger partial charge in [0.25, 0.3) is 0 Å². The molecule has 0 aromatic heterocycles. The van der Waals surface area contributed by atoms with Gasteiger partial charge in [0, 0.05) is 24.7 Å². The van der Waals surface area contributed by atoms with Gasteiger partial charge in [0.15, 0.2) is 0 Å². The van der Waals surface area contributed by atoms with E-state index < -0.39 is 0 Å². The Balaban J connectivity index is 1.69. The fraction of sp³-hybridized carbons (Fsp3) is 0.895. The molecule has 4 aliphatic carbocycles. The Labute approximate surface area is 132 Å². The van der Waals surface area contributed by atoms with Crippen molar-refractivity contribution in [2.45, 2.75) is 71.3 Å². The third-order valence-electron chi connectivity index (χ3n) is 8.21. The molecule has 4 fully saturated rings. The second kappa shape index (κ2) is 4.66. The highest BCUT2D eigenvalue weighted by atomic mass is 16.3. The minimum Gasteiger partial charge on any atom is -0.393 e. The van der Waals surface area contributed by atoms with Gasteiger partial charge in [0.1, 0.15) is 11.6 Å². The molecule has 3 heteroatoms. The molecule has 4 saturated carbocycles. The monoisotopic (exact) mass is 304 g/mol. The summed E-state index contributed by atoms with van der Waals surface area (Å²) in [6.07, 6.45) is 6.53. The molecular weight excluding hydrogens is 276 g/mol. The Kier molecular flexibility index (Phi) is 3.15. The number of Topliss-reactive ketones (excluding diaryl/α,β-unsaturated/α-hetero) is 2. The summed E-state index contributed by atoms with van der Waals surface area (Å²) in [5, 5.41) is 10.8. The van der Waals surface area contributed by atoms with Crippen molar-refractivity contribution in [2.24, 2.45) is 34.5 Å². The maximum atomic E-state index is 12.4. The molecule has 0 aromatic rings. The van der Waals surface area contributed by atoms with Gasteiger partial charge in [0.05, 0.1) is 6.10 Å². The zero-order chi connectivity index (χ0) is 15.7. The van der Waals surface area contributed by atoms with E-state index in [1.165, 1.54) is 0 Å². The second-order valence-corrected chi connectivity index (χ2v) is 8.95. The lowest BCUT2D eigenvalue weighted by Crippen LogP contribution is -2.57. The fourth-order valence-electron chi connectivity index (χ4n) is 6.86. The molecule has 1 N–H and O–H groups in total. The molecule has 0 saturated heterocycles. The van der Waals surface area contributed by atoms with Gasteiger partial charge in [-0.1, -0.05) is 13.8 Å². The number of carbonyl (C=O) groups is 2. The van der Waals surface area contributed by atoms with Gasteiger partial charge in [-0.05, 0) is 61.2 Å². The molecule has 3 nitrogen and oxygen atoms in total. The van der Waals surface area contributed by atoms with Crippen LogP contribution in [-0.2, 0) is 9.59 Å². The summed E-state index contributed by atoms with van der Waals surface area (Å²) in [4.78, 5) is 24.3. The highest BCUT2D eigenvalue weighted by molar-refractivity contribution is 5.87. The van der Waals surface area contributed by atoms with E-state index in [0.717, 1.165) is 38.5 Å². The van der Waals surface area contributed by atoms with Crippen LogP contribution in [0.15, 0.2) is 0 Å². The largest absolute Gasteiger partial charge is 0.393 e. The first kappa shape index (κ1) is 14.9. The second-order valence-electron chi connectivity index (χ2n) is 8.95. The Morgan fingerprint density at radius 2 is 1.77 bits per heavy atom. The van der Waals surface area contributed by atoms with Crippen molar-refractivity contribution in [1.29, 1.82) is 0 Å². The Morgan fingerprint density at radius 1 is 1.00 bits per heavy atom. The minimum atomic E-state index is -0.353. The first-order valence-corrected chi connectivity index (χ1v) is 9.09. The van der Waals surface area contributed by atoms with Gasteiger partial charge >= 0.3 is 0 Å². The van der Waals surface area contributed by atoms with Crippen molar-refractivity contribution in [1.82, 2.24) is 0 Å². The Hall–Kier alpha value is -0.700. The lowest BCUT2D eigenvalue weighted by molar-refractivity contribution is -0.165. The average Bonchev–Trinajstić information content (AvgIpc) is 2.77. The van der Waals surface area contributed by atoms with Gasteiger partial charge in [-0.15, -0.1) is 0 Å². The Morgan fingerprint density at radius 3 is 2.55 bits per heavy atom. The van der Waals surface area contributed by atoms with Crippen molar-refractivity contribution in [3.8, 4) is 0 Å². The number of fused-ring (bicyclic) bond motifs is 5. The van der Waals surface area contributed by atoms with Crippen LogP contribution in [0, 0.1) is 34.5 Å². The SMILES string of the molecule is C[C@]12CCC(=O)C[C@@H]1[C@H](O)C[C@@H]1[C@@H]2CC[C@]2(C)C(=O)CC[C@@H]12. The standard InChI is InChI=1S/C19H28O3/c1-18-7-5-11(20)9-15(18)16(21)10-12-13-3-4-17(22)19(13,2)8-6-14(12)18/h12-16,21H,3-10H2,1-2H3/t12-,13-,14-,15+,16+,18+,19-/m0/s1. The molecule has 0 heterocycles. The number of carbonyl (C=O) groups excluding carboxylic acids is 2. The van der Waals surface area contributed by atoms with Crippen LogP contribution in [0.25, 0.3) is 0 Å². The van der Waals surface area contributed by atoms with Gasteiger partial charge in [-0.25, -0.2) is 0 Å². The molecule has 22 heavy (non-hydrogen) atoms. The topological polar surface area (TPSA) is 54.4 Å². The van der Waals surface area contributed by atoms with Crippen LogP contribution in [0.3, 0.4) is 0 Å². The maximum Gasteiger partial charge on any atom is 0.139 e. The molecule has 7 atom stereocenters. The third kappa shape index (κ3) is 1.78. The quantitative estimate of drug-likeness (QED) is 0.748. The number of ketones is 2. The fourth-order valence-corrected chi connectivity index (χ4v) is 6.86. The predicted molar refractivity (Wildman–Crippen MR) is 83.1 cm³/mol. The molecule has 4 rings (SSSR count). The van der Waals surface area contributed by atoms with Crippen LogP contribution < -0.4 is 0 Å². The Bertz CT molecular complexity index is 527. The lowest BCUT2D eigenvalue weighted by atomic mass is 9.44. The molecule has 0 bridgehead atoms. The van der Waals surface area contributed by atoms with Crippen LogP contribution in [0.2, 0.25) is 0 Å². The zero-order valence-corrected chi connectivity index (χ0v) is 13.8. The van der Waals surface area contributed by atoms with Crippen molar-refractivity contribution >= 4 is 11.6 Å². The van der Waals surface area contributed by atoms with E-state index in [-0.39, 0.29) is 22.9 Å². The van der Waals surface area contributed by atoms with E-state index in [1.54, 1.807) is 0 Å². The summed E-state index contributed by atoms with van der Waals surface area (Å²) in [7, 11) is 0. The van der Waals surface area contributed by atoms with Crippen molar-refractivity contribution in [2.75, 3.05) is 0 Å². The highest BCUT2D eigenvalue weighted by Crippen LogP contribution is 2.65. The number of hydrogen-bond donors (Lipinski definition) is 1. The van der Waals surface area contributed by atoms with Crippen LogP contribution in [0.4, 0.5) is 0 Å². The summed E-state index contributed by atoms with van der Waals surface area (Å²) < 4.78 is 0. The molecular formula is C19H28O3. The third-order valence-corrected chi connectivity index (χ3v) is 8.21. The molecule has 0 aromatic carbocycles. The highest BCUT2D eigenvalue weighted by Gasteiger charge is 2.62. The number of hydrogen-bond acceptors (Lipinski definition) is 3. The smallest absolute Gasteiger partial charge is 0.139 e. The summed E-state index contributed by atoms with van der Waals surface area (Å²) in [6, 6.07) is 0. The molecule has 0 radical (unpaired) electrons. The van der Waals surface area contributed by atoms with E-state index >= 15 is 0 Å². The molecule has 4 aliphatic rings. The van der Waals surface area contributed by atoms with Crippen LogP contribution in [0.5, 0.6) is 0 Å². The van der Waals surface area contributed by atoms with E-state index in [2.05, 4.69) is 13.8 Å². The molecule has 0 aliphatic heterocycles.